The minimum Gasteiger partial charge on any atom is -0.506 e. The summed E-state index contributed by atoms with van der Waals surface area (Å²) in [5.74, 6) is -0.893. The Hall–Kier alpha value is -1.30. The second-order valence-corrected chi connectivity index (χ2v) is 2.41. The molecule has 0 aliphatic heterocycles. The monoisotopic (exact) mass is 192 g/mol. The first kappa shape index (κ1) is 9.79. The molecule has 72 valence electrons. The summed E-state index contributed by atoms with van der Waals surface area (Å²) < 4.78 is 36.1. The van der Waals surface area contributed by atoms with E-state index >= 15 is 0 Å². The molecule has 0 unspecified atom stereocenters. The maximum atomic E-state index is 12.0. The number of aromatic hydroxyl groups is 1. The summed E-state index contributed by atoms with van der Waals surface area (Å²) in [6.45, 7) is 0.0404. The van der Waals surface area contributed by atoms with Crippen molar-refractivity contribution < 1.29 is 18.3 Å². The average molecular weight is 192 g/mol. The Morgan fingerprint density at radius 1 is 1.46 bits per heavy atom. The normalized spacial score (nSPS) is 11.7. The summed E-state index contributed by atoms with van der Waals surface area (Å²) in [5.41, 5.74) is 4.21. The van der Waals surface area contributed by atoms with E-state index < -0.39 is 17.6 Å². The van der Waals surface area contributed by atoms with E-state index in [1.54, 1.807) is 0 Å². The molecule has 0 bridgehead atoms. The van der Waals surface area contributed by atoms with Gasteiger partial charge in [-0.05, 0) is 11.6 Å². The van der Waals surface area contributed by atoms with Gasteiger partial charge in [0.2, 0.25) is 0 Å². The van der Waals surface area contributed by atoms with Crippen LogP contribution in [0.3, 0.4) is 0 Å². The van der Waals surface area contributed by atoms with Gasteiger partial charge in [-0.2, -0.15) is 13.2 Å². The van der Waals surface area contributed by atoms with Crippen molar-refractivity contribution in [1.82, 2.24) is 4.98 Å². The van der Waals surface area contributed by atoms with Crippen molar-refractivity contribution in [3.8, 4) is 5.75 Å². The molecular formula is C7H7F3N2O. The van der Waals surface area contributed by atoms with E-state index in [4.69, 9.17) is 10.8 Å². The molecule has 0 spiro atoms. The van der Waals surface area contributed by atoms with Crippen LogP contribution in [0.5, 0.6) is 5.75 Å². The molecule has 0 atom stereocenters. The molecule has 0 aliphatic rings. The Kier molecular flexibility index (Phi) is 2.42. The van der Waals surface area contributed by atoms with Gasteiger partial charge in [-0.25, -0.2) is 4.98 Å². The van der Waals surface area contributed by atoms with Crippen LogP contribution >= 0.6 is 0 Å². The van der Waals surface area contributed by atoms with Gasteiger partial charge in [0.15, 0.2) is 5.69 Å². The lowest BCUT2D eigenvalue weighted by atomic mass is 10.2. The van der Waals surface area contributed by atoms with Crippen molar-refractivity contribution in [3.63, 3.8) is 0 Å². The molecule has 1 rings (SSSR count). The summed E-state index contributed by atoms with van der Waals surface area (Å²) in [4.78, 5) is 3.07. The van der Waals surface area contributed by atoms with E-state index in [2.05, 4.69) is 4.98 Å². The smallest absolute Gasteiger partial charge is 0.437 e. The number of aromatic nitrogens is 1. The van der Waals surface area contributed by atoms with Gasteiger partial charge in [0.25, 0.3) is 0 Å². The second kappa shape index (κ2) is 3.21. The Bertz CT molecular complexity index is 311. The summed E-state index contributed by atoms with van der Waals surface area (Å²) in [5, 5.41) is 8.92. The molecule has 13 heavy (non-hydrogen) atoms. The second-order valence-electron chi connectivity index (χ2n) is 2.41. The van der Waals surface area contributed by atoms with Crippen molar-refractivity contribution in [2.75, 3.05) is 0 Å². The first-order valence-corrected chi connectivity index (χ1v) is 3.40. The van der Waals surface area contributed by atoms with Crippen LogP contribution in [0.25, 0.3) is 0 Å². The van der Waals surface area contributed by atoms with Crippen LogP contribution in [0.1, 0.15) is 11.3 Å². The average Bonchev–Trinajstić information content (AvgIpc) is 2.01. The van der Waals surface area contributed by atoms with E-state index in [9.17, 15) is 13.2 Å². The number of halogens is 3. The van der Waals surface area contributed by atoms with Gasteiger partial charge < -0.3 is 10.8 Å². The molecule has 0 saturated heterocycles. The quantitative estimate of drug-likeness (QED) is 0.704. The molecule has 0 aliphatic carbocycles. The van der Waals surface area contributed by atoms with Gasteiger partial charge in [-0.1, -0.05) is 0 Å². The van der Waals surface area contributed by atoms with Gasteiger partial charge in [-0.15, -0.1) is 0 Å². The van der Waals surface area contributed by atoms with Gasteiger partial charge in [0, 0.05) is 12.7 Å². The highest BCUT2D eigenvalue weighted by Gasteiger charge is 2.35. The Morgan fingerprint density at radius 2 is 2.08 bits per heavy atom. The Labute approximate surface area is 72.0 Å². The third-order valence-corrected chi connectivity index (χ3v) is 1.43. The predicted molar refractivity (Wildman–Crippen MR) is 38.8 cm³/mol. The van der Waals surface area contributed by atoms with Crippen molar-refractivity contribution in [3.05, 3.63) is 23.5 Å². The van der Waals surface area contributed by atoms with Gasteiger partial charge in [-0.3, -0.25) is 0 Å². The molecule has 0 saturated carbocycles. The molecule has 1 aromatic rings. The van der Waals surface area contributed by atoms with Crippen LogP contribution in [0.15, 0.2) is 12.3 Å². The Morgan fingerprint density at radius 3 is 2.46 bits per heavy atom. The minimum absolute atomic E-state index is 0.0404. The molecule has 6 heteroatoms. The van der Waals surface area contributed by atoms with E-state index in [0.717, 1.165) is 12.3 Å². The van der Waals surface area contributed by atoms with Crippen LogP contribution < -0.4 is 5.73 Å². The third-order valence-electron chi connectivity index (χ3n) is 1.43. The lowest BCUT2D eigenvalue weighted by Crippen LogP contribution is -2.09. The molecule has 3 nitrogen and oxygen atoms in total. The van der Waals surface area contributed by atoms with E-state index in [1.165, 1.54) is 0 Å². The van der Waals surface area contributed by atoms with Crippen LogP contribution in [0, 0.1) is 0 Å². The van der Waals surface area contributed by atoms with E-state index in [-0.39, 0.29) is 6.54 Å². The summed E-state index contributed by atoms with van der Waals surface area (Å²) in [6, 6.07) is 0.954. The molecule has 0 amide bonds. The third kappa shape index (κ3) is 2.09. The first-order valence-electron chi connectivity index (χ1n) is 3.40. The number of alkyl halides is 3. The molecule has 3 N–H and O–H groups in total. The Balaban J connectivity index is 3.13. The molecule has 0 radical (unpaired) electrons. The molecule has 1 aromatic heterocycles. The van der Waals surface area contributed by atoms with E-state index in [0.29, 0.717) is 5.56 Å². The minimum atomic E-state index is -4.63. The largest absolute Gasteiger partial charge is 0.506 e. The lowest BCUT2D eigenvalue weighted by molar-refractivity contribution is -0.142. The molecule has 0 aromatic carbocycles. The fourth-order valence-corrected chi connectivity index (χ4v) is 0.825. The van der Waals surface area contributed by atoms with Crippen LogP contribution in [0.2, 0.25) is 0 Å². The predicted octanol–water partition coefficient (Wildman–Crippen LogP) is 1.26. The van der Waals surface area contributed by atoms with Crippen molar-refractivity contribution in [2.45, 2.75) is 12.7 Å². The molecule has 1 heterocycles. The fourth-order valence-electron chi connectivity index (χ4n) is 0.825. The number of pyridine rings is 1. The zero-order chi connectivity index (χ0) is 10.1. The molecule has 0 fully saturated rings. The highest BCUT2D eigenvalue weighted by molar-refractivity contribution is 5.31. The summed E-state index contributed by atoms with van der Waals surface area (Å²) in [6.07, 6.45) is -3.64. The zero-order valence-corrected chi connectivity index (χ0v) is 6.47. The lowest BCUT2D eigenvalue weighted by Gasteiger charge is -2.07. The summed E-state index contributed by atoms with van der Waals surface area (Å²) >= 11 is 0. The maximum Gasteiger partial charge on any atom is 0.437 e. The standard InChI is InChI=1S/C7H7F3N2O/c8-7(9,10)6-5(13)1-4(2-11)3-12-6/h1,3,13H,2,11H2. The number of hydrogen-bond acceptors (Lipinski definition) is 3. The highest BCUT2D eigenvalue weighted by atomic mass is 19.4. The number of nitrogens with zero attached hydrogens (tertiary/aromatic N) is 1. The topological polar surface area (TPSA) is 59.1 Å². The fraction of sp³-hybridized carbons (Fsp3) is 0.286. The van der Waals surface area contributed by atoms with Crippen molar-refractivity contribution >= 4 is 0 Å². The van der Waals surface area contributed by atoms with Crippen LogP contribution in [0.4, 0.5) is 13.2 Å². The highest BCUT2D eigenvalue weighted by Crippen LogP contribution is 2.33. The zero-order valence-electron chi connectivity index (χ0n) is 6.47. The van der Waals surface area contributed by atoms with Crippen LogP contribution in [-0.2, 0) is 12.7 Å². The van der Waals surface area contributed by atoms with E-state index in [1.807, 2.05) is 0 Å². The van der Waals surface area contributed by atoms with Crippen molar-refractivity contribution in [1.29, 1.82) is 0 Å². The van der Waals surface area contributed by atoms with Crippen LogP contribution in [-0.4, -0.2) is 10.1 Å². The van der Waals surface area contributed by atoms with Crippen molar-refractivity contribution in [2.24, 2.45) is 5.73 Å². The van der Waals surface area contributed by atoms with Gasteiger partial charge in [0.05, 0.1) is 0 Å². The number of hydrogen-bond donors (Lipinski definition) is 2. The number of rotatable bonds is 1. The SMILES string of the molecule is NCc1cnc(C(F)(F)F)c(O)c1. The number of nitrogens with two attached hydrogens (primary N) is 1. The van der Waals surface area contributed by atoms with Gasteiger partial charge >= 0.3 is 6.18 Å². The molecular weight excluding hydrogens is 185 g/mol. The summed E-state index contributed by atoms with van der Waals surface area (Å²) in [7, 11) is 0. The first-order chi connectivity index (χ1) is 5.95. The maximum absolute atomic E-state index is 12.0. The van der Waals surface area contributed by atoms with Gasteiger partial charge in [0.1, 0.15) is 5.75 Å².